The third-order valence-electron chi connectivity index (χ3n) is 3.77. The Kier molecular flexibility index (Phi) is 6.39. The maximum Gasteiger partial charge on any atom is 0.239 e. The van der Waals surface area contributed by atoms with Crippen LogP contribution in [0, 0.1) is 0 Å². The minimum Gasteiger partial charge on any atom is -0.335 e. The van der Waals surface area contributed by atoms with Crippen LogP contribution in [0.25, 0.3) is 0 Å². The standard InChI is InChI=1S/C13H26N2O2/c1-8-9(2)14(6)11(4)13(17)15(7)10(3)12(5)16/h9-11H,8H2,1-7H3/t9?,10-,11-/m1/s1. The van der Waals surface area contributed by atoms with Gasteiger partial charge in [-0.15, -0.1) is 0 Å². The number of carbonyl (C=O) groups is 2. The molecule has 0 radical (unpaired) electrons. The summed E-state index contributed by atoms with van der Waals surface area (Å²) in [5.41, 5.74) is 0. The van der Waals surface area contributed by atoms with Crippen LogP contribution in [0.2, 0.25) is 0 Å². The van der Waals surface area contributed by atoms with Crippen molar-refractivity contribution in [2.75, 3.05) is 14.1 Å². The summed E-state index contributed by atoms with van der Waals surface area (Å²) in [4.78, 5) is 27.0. The van der Waals surface area contributed by atoms with E-state index in [9.17, 15) is 9.59 Å². The van der Waals surface area contributed by atoms with Crippen molar-refractivity contribution in [1.29, 1.82) is 0 Å². The van der Waals surface area contributed by atoms with E-state index < -0.39 is 0 Å². The first kappa shape index (κ1) is 16.1. The predicted molar refractivity (Wildman–Crippen MR) is 69.9 cm³/mol. The van der Waals surface area contributed by atoms with Crippen molar-refractivity contribution < 1.29 is 9.59 Å². The van der Waals surface area contributed by atoms with E-state index in [1.54, 1.807) is 14.0 Å². The Balaban J connectivity index is 4.64. The fourth-order valence-corrected chi connectivity index (χ4v) is 1.60. The summed E-state index contributed by atoms with van der Waals surface area (Å²) in [5.74, 6) is 0.00902. The van der Waals surface area contributed by atoms with Crippen molar-refractivity contribution in [2.24, 2.45) is 0 Å². The molecule has 100 valence electrons. The molecule has 0 fully saturated rings. The quantitative estimate of drug-likeness (QED) is 0.709. The van der Waals surface area contributed by atoms with Crippen molar-refractivity contribution in [2.45, 2.75) is 59.2 Å². The van der Waals surface area contributed by atoms with Crippen LogP contribution in [0.5, 0.6) is 0 Å². The Hall–Kier alpha value is -0.900. The van der Waals surface area contributed by atoms with Gasteiger partial charge in [0.25, 0.3) is 0 Å². The van der Waals surface area contributed by atoms with Gasteiger partial charge in [0.15, 0.2) is 5.78 Å². The lowest BCUT2D eigenvalue weighted by Gasteiger charge is -2.33. The van der Waals surface area contributed by atoms with E-state index in [0.717, 1.165) is 6.42 Å². The fourth-order valence-electron chi connectivity index (χ4n) is 1.60. The highest BCUT2D eigenvalue weighted by Gasteiger charge is 2.27. The second-order valence-electron chi connectivity index (χ2n) is 4.83. The second-order valence-corrected chi connectivity index (χ2v) is 4.83. The third-order valence-corrected chi connectivity index (χ3v) is 3.77. The van der Waals surface area contributed by atoms with E-state index in [-0.39, 0.29) is 23.8 Å². The SMILES string of the molecule is CCC(C)N(C)[C@H](C)C(=O)N(C)[C@H](C)C(C)=O. The van der Waals surface area contributed by atoms with Gasteiger partial charge in [0.1, 0.15) is 0 Å². The van der Waals surface area contributed by atoms with Crippen molar-refractivity contribution in [3.8, 4) is 0 Å². The van der Waals surface area contributed by atoms with Crippen LogP contribution in [0.4, 0.5) is 0 Å². The lowest BCUT2D eigenvalue weighted by molar-refractivity contribution is -0.141. The van der Waals surface area contributed by atoms with Crippen molar-refractivity contribution in [3.05, 3.63) is 0 Å². The molecule has 3 atom stereocenters. The van der Waals surface area contributed by atoms with Gasteiger partial charge in [0, 0.05) is 13.1 Å². The van der Waals surface area contributed by atoms with Crippen molar-refractivity contribution >= 4 is 11.7 Å². The molecule has 0 aliphatic carbocycles. The second kappa shape index (κ2) is 6.74. The van der Waals surface area contributed by atoms with Crippen molar-refractivity contribution in [1.82, 2.24) is 9.80 Å². The molecule has 0 saturated carbocycles. The molecule has 0 heterocycles. The zero-order chi connectivity index (χ0) is 13.7. The minimum atomic E-state index is -0.352. The normalized spacial score (nSPS) is 16.5. The molecule has 17 heavy (non-hydrogen) atoms. The largest absolute Gasteiger partial charge is 0.335 e. The zero-order valence-electron chi connectivity index (χ0n) is 12.2. The molecule has 0 aliphatic heterocycles. The highest BCUT2D eigenvalue weighted by atomic mass is 16.2. The average molecular weight is 242 g/mol. The smallest absolute Gasteiger partial charge is 0.239 e. The Morgan fingerprint density at radius 3 is 1.88 bits per heavy atom. The van der Waals surface area contributed by atoms with Crippen LogP contribution in [0.1, 0.15) is 41.0 Å². The van der Waals surface area contributed by atoms with Crippen LogP contribution < -0.4 is 0 Å². The molecule has 0 aromatic carbocycles. The molecule has 1 unspecified atom stereocenters. The molecule has 0 aromatic heterocycles. The van der Waals surface area contributed by atoms with Crippen LogP contribution in [-0.4, -0.2) is 53.7 Å². The van der Waals surface area contributed by atoms with Gasteiger partial charge < -0.3 is 4.90 Å². The fraction of sp³-hybridized carbons (Fsp3) is 0.846. The number of hydrogen-bond donors (Lipinski definition) is 0. The molecular formula is C13H26N2O2. The molecule has 0 aliphatic rings. The molecule has 4 nitrogen and oxygen atoms in total. The van der Waals surface area contributed by atoms with Crippen LogP contribution in [0.3, 0.4) is 0 Å². The predicted octanol–water partition coefficient (Wildman–Crippen LogP) is 1.54. The molecule has 1 amide bonds. The summed E-state index contributed by atoms with van der Waals surface area (Å²) in [7, 11) is 3.64. The lowest BCUT2D eigenvalue weighted by Crippen LogP contribution is -2.50. The first-order chi connectivity index (χ1) is 7.73. The van der Waals surface area contributed by atoms with E-state index in [0.29, 0.717) is 6.04 Å². The van der Waals surface area contributed by atoms with E-state index in [2.05, 4.69) is 13.8 Å². The van der Waals surface area contributed by atoms with Gasteiger partial charge in [-0.05, 0) is 41.2 Å². The van der Waals surface area contributed by atoms with Gasteiger partial charge in [-0.1, -0.05) is 6.92 Å². The maximum atomic E-state index is 12.2. The molecular weight excluding hydrogens is 216 g/mol. The number of amides is 1. The molecule has 0 spiro atoms. The number of ketones is 1. The number of nitrogens with zero attached hydrogens (tertiary/aromatic N) is 2. The molecule has 0 N–H and O–H groups in total. The molecule has 0 aromatic rings. The molecule has 0 rings (SSSR count). The van der Waals surface area contributed by atoms with E-state index >= 15 is 0 Å². The monoisotopic (exact) mass is 242 g/mol. The third kappa shape index (κ3) is 4.11. The Bertz CT molecular complexity index is 279. The first-order valence-electron chi connectivity index (χ1n) is 6.23. The summed E-state index contributed by atoms with van der Waals surface area (Å²) in [5, 5.41) is 0. The average Bonchev–Trinajstić information content (AvgIpc) is 2.32. The Morgan fingerprint density at radius 2 is 1.53 bits per heavy atom. The van der Waals surface area contributed by atoms with Gasteiger partial charge in [0.05, 0.1) is 12.1 Å². The Morgan fingerprint density at radius 1 is 1.06 bits per heavy atom. The highest BCUT2D eigenvalue weighted by Crippen LogP contribution is 2.10. The number of Topliss-reactive ketones (excluding diaryl/α,β-unsaturated/α-hetero) is 1. The maximum absolute atomic E-state index is 12.2. The summed E-state index contributed by atoms with van der Waals surface area (Å²) in [6.45, 7) is 9.35. The van der Waals surface area contributed by atoms with E-state index in [4.69, 9.17) is 0 Å². The van der Waals surface area contributed by atoms with Gasteiger partial charge in [-0.2, -0.15) is 0 Å². The summed E-state index contributed by atoms with van der Waals surface area (Å²) < 4.78 is 0. The molecule has 0 saturated heterocycles. The van der Waals surface area contributed by atoms with Crippen molar-refractivity contribution in [3.63, 3.8) is 0 Å². The highest BCUT2D eigenvalue weighted by molar-refractivity contribution is 5.89. The summed E-state index contributed by atoms with van der Waals surface area (Å²) in [6, 6.07) is -0.193. The first-order valence-corrected chi connectivity index (χ1v) is 6.23. The summed E-state index contributed by atoms with van der Waals surface area (Å²) >= 11 is 0. The van der Waals surface area contributed by atoms with Crippen LogP contribution in [0.15, 0.2) is 0 Å². The number of rotatable bonds is 6. The van der Waals surface area contributed by atoms with Gasteiger partial charge in [0.2, 0.25) is 5.91 Å². The topological polar surface area (TPSA) is 40.6 Å². The number of carbonyl (C=O) groups excluding carboxylic acids is 2. The van der Waals surface area contributed by atoms with E-state index in [1.807, 2.05) is 18.9 Å². The zero-order valence-corrected chi connectivity index (χ0v) is 12.2. The van der Waals surface area contributed by atoms with Gasteiger partial charge in [-0.3, -0.25) is 14.5 Å². The van der Waals surface area contributed by atoms with Crippen LogP contribution >= 0.6 is 0 Å². The Labute approximate surface area is 105 Å². The lowest BCUT2D eigenvalue weighted by atomic mass is 10.1. The molecule has 4 heteroatoms. The number of likely N-dealkylation sites (N-methyl/N-ethyl adjacent to an activating group) is 2. The van der Waals surface area contributed by atoms with Gasteiger partial charge in [-0.25, -0.2) is 0 Å². The minimum absolute atomic E-state index is 0.00417. The number of hydrogen-bond acceptors (Lipinski definition) is 3. The molecule has 0 bridgehead atoms. The summed E-state index contributed by atoms with van der Waals surface area (Å²) in [6.07, 6.45) is 1.00. The van der Waals surface area contributed by atoms with E-state index in [1.165, 1.54) is 11.8 Å². The van der Waals surface area contributed by atoms with Crippen LogP contribution in [-0.2, 0) is 9.59 Å². The van der Waals surface area contributed by atoms with Gasteiger partial charge >= 0.3 is 0 Å².